The van der Waals surface area contributed by atoms with Crippen molar-refractivity contribution in [2.45, 2.75) is 18.8 Å². The number of aromatic nitrogens is 1. The number of hydrogen-bond donors (Lipinski definition) is 2. The van der Waals surface area contributed by atoms with Gasteiger partial charge in [0.15, 0.2) is 5.13 Å². The van der Waals surface area contributed by atoms with Crippen molar-refractivity contribution in [1.29, 1.82) is 0 Å². The number of halogens is 1. The standard InChI is InChI=1S/C22H20FN3O4S/c1-29-14-7-9-16(17(11-14)30-2)24-21(28)15-8-10-18-19(15)25-22(31-18)26-20(27)12-3-5-13(23)6-4-12/h3-7,9,11,15H,8,10H2,1-2H3,(H,24,28)(H,25,26,27). The van der Waals surface area contributed by atoms with Crippen LogP contribution in [0.1, 0.15) is 33.3 Å². The Bertz CT molecular complexity index is 1130. The molecule has 4 rings (SSSR count). The number of amides is 2. The van der Waals surface area contributed by atoms with Gasteiger partial charge in [0.05, 0.1) is 31.5 Å². The molecule has 0 bridgehead atoms. The fourth-order valence-corrected chi connectivity index (χ4v) is 4.46. The fourth-order valence-electron chi connectivity index (χ4n) is 3.43. The second kappa shape index (κ2) is 8.73. The van der Waals surface area contributed by atoms with E-state index >= 15 is 0 Å². The summed E-state index contributed by atoms with van der Waals surface area (Å²) >= 11 is 1.35. The first-order valence-electron chi connectivity index (χ1n) is 9.58. The van der Waals surface area contributed by atoms with Crippen molar-refractivity contribution in [2.24, 2.45) is 0 Å². The van der Waals surface area contributed by atoms with Crippen molar-refractivity contribution in [3.8, 4) is 11.5 Å². The maximum Gasteiger partial charge on any atom is 0.257 e. The molecule has 2 amide bonds. The van der Waals surface area contributed by atoms with Gasteiger partial charge in [0, 0.05) is 16.5 Å². The van der Waals surface area contributed by atoms with Crippen LogP contribution in [-0.4, -0.2) is 31.0 Å². The Morgan fingerprint density at radius 2 is 1.87 bits per heavy atom. The number of nitrogens with one attached hydrogen (secondary N) is 2. The number of ether oxygens (including phenoxy) is 2. The van der Waals surface area contributed by atoms with Crippen LogP contribution >= 0.6 is 11.3 Å². The molecular weight excluding hydrogens is 421 g/mol. The first-order valence-corrected chi connectivity index (χ1v) is 10.4. The van der Waals surface area contributed by atoms with E-state index in [1.54, 1.807) is 25.3 Å². The second-order valence-electron chi connectivity index (χ2n) is 6.94. The highest BCUT2D eigenvalue weighted by Crippen LogP contribution is 2.39. The van der Waals surface area contributed by atoms with Crippen molar-refractivity contribution in [2.75, 3.05) is 24.9 Å². The van der Waals surface area contributed by atoms with Gasteiger partial charge >= 0.3 is 0 Å². The Hall–Kier alpha value is -3.46. The maximum atomic E-state index is 13.1. The number of carbonyl (C=O) groups is 2. The molecule has 0 radical (unpaired) electrons. The van der Waals surface area contributed by atoms with Crippen molar-refractivity contribution in [3.05, 3.63) is 64.4 Å². The average molecular weight is 441 g/mol. The first-order chi connectivity index (χ1) is 15.0. The zero-order chi connectivity index (χ0) is 22.0. The van der Waals surface area contributed by atoms with Gasteiger partial charge in [-0.25, -0.2) is 9.37 Å². The number of carbonyl (C=O) groups excluding carboxylic acids is 2. The normalized spacial score (nSPS) is 14.6. The monoisotopic (exact) mass is 441 g/mol. The molecule has 7 nitrogen and oxygen atoms in total. The predicted molar refractivity (Wildman–Crippen MR) is 116 cm³/mol. The van der Waals surface area contributed by atoms with Crippen molar-refractivity contribution < 1.29 is 23.5 Å². The molecule has 1 atom stereocenters. The molecule has 2 N–H and O–H groups in total. The SMILES string of the molecule is COc1ccc(NC(=O)C2CCc3sc(NC(=O)c4ccc(F)cc4)nc32)c(OC)c1. The minimum atomic E-state index is -0.422. The number of nitrogens with zero attached hydrogens (tertiary/aromatic N) is 1. The van der Waals surface area contributed by atoms with E-state index < -0.39 is 11.7 Å². The van der Waals surface area contributed by atoms with E-state index in [9.17, 15) is 14.0 Å². The Balaban J connectivity index is 1.47. The van der Waals surface area contributed by atoms with Gasteiger partial charge in [-0.1, -0.05) is 0 Å². The third-order valence-electron chi connectivity index (χ3n) is 5.03. The van der Waals surface area contributed by atoms with Crippen molar-refractivity contribution in [3.63, 3.8) is 0 Å². The molecular formula is C22H20FN3O4S. The minimum absolute atomic E-state index is 0.191. The van der Waals surface area contributed by atoms with Gasteiger partial charge in [0.2, 0.25) is 5.91 Å². The number of aryl methyl sites for hydroxylation is 1. The lowest BCUT2D eigenvalue weighted by Gasteiger charge is -2.14. The molecule has 2 aromatic carbocycles. The topological polar surface area (TPSA) is 89.6 Å². The Morgan fingerprint density at radius 1 is 1.10 bits per heavy atom. The van der Waals surface area contributed by atoms with Gasteiger partial charge in [-0.3, -0.25) is 14.9 Å². The van der Waals surface area contributed by atoms with Crippen LogP contribution in [0.25, 0.3) is 0 Å². The Labute approximate surface area is 182 Å². The third kappa shape index (κ3) is 4.36. The quantitative estimate of drug-likeness (QED) is 0.598. The van der Waals surface area contributed by atoms with Gasteiger partial charge in [0.25, 0.3) is 5.91 Å². The van der Waals surface area contributed by atoms with Crippen LogP contribution in [0.2, 0.25) is 0 Å². The van der Waals surface area contributed by atoms with Crippen LogP contribution in [0, 0.1) is 5.82 Å². The van der Waals surface area contributed by atoms with Gasteiger partial charge in [-0.2, -0.15) is 0 Å². The Morgan fingerprint density at radius 3 is 2.58 bits per heavy atom. The molecule has 9 heteroatoms. The summed E-state index contributed by atoms with van der Waals surface area (Å²) < 4.78 is 23.6. The summed E-state index contributed by atoms with van der Waals surface area (Å²) in [5, 5.41) is 6.04. The van der Waals surface area contributed by atoms with E-state index in [4.69, 9.17) is 9.47 Å². The number of fused-ring (bicyclic) bond motifs is 1. The molecule has 0 saturated carbocycles. The fraction of sp³-hybridized carbons (Fsp3) is 0.227. The molecule has 0 saturated heterocycles. The summed E-state index contributed by atoms with van der Waals surface area (Å²) in [6.07, 6.45) is 1.35. The zero-order valence-electron chi connectivity index (χ0n) is 16.9. The number of methoxy groups -OCH3 is 2. The summed E-state index contributed by atoms with van der Waals surface area (Å²) in [6, 6.07) is 10.4. The second-order valence-corrected chi connectivity index (χ2v) is 8.02. The molecule has 1 aromatic heterocycles. The summed E-state index contributed by atoms with van der Waals surface area (Å²) in [5.74, 6) is -0.280. The molecule has 160 valence electrons. The van der Waals surface area contributed by atoms with Gasteiger partial charge < -0.3 is 14.8 Å². The highest BCUT2D eigenvalue weighted by atomic mass is 32.1. The minimum Gasteiger partial charge on any atom is -0.497 e. The van der Waals surface area contributed by atoms with Crippen LogP contribution < -0.4 is 20.1 Å². The summed E-state index contributed by atoms with van der Waals surface area (Å²) in [7, 11) is 3.08. The zero-order valence-corrected chi connectivity index (χ0v) is 17.7. The smallest absolute Gasteiger partial charge is 0.257 e. The predicted octanol–water partition coefficient (Wildman–Crippen LogP) is 4.22. The van der Waals surface area contributed by atoms with E-state index in [0.717, 1.165) is 4.88 Å². The van der Waals surface area contributed by atoms with E-state index in [1.165, 1.54) is 42.7 Å². The molecule has 0 fully saturated rings. The van der Waals surface area contributed by atoms with Crippen molar-refractivity contribution in [1.82, 2.24) is 4.98 Å². The maximum absolute atomic E-state index is 13.1. The van der Waals surface area contributed by atoms with Crippen LogP contribution in [0.4, 0.5) is 15.2 Å². The summed E-state index contributed by atoms with van der Waals surface area (Å²) in [5.41, 5.74) is 1.55. The summed E-state index contributed by atoms with van der Waals surface area (Å²) in [4.78, 5) is 30.7. The number of rotatable bonds is 6. The van der Waals surface area contributed by atoms with Crippen molar-refractivity contribution >= 4 is 34.0 Å². The van der Waals surface area contributed by atoms with Crippen LogP contribution in [-0.2, 0) is 11.2 Å². The lowest BCUT2D eigenvalue weighted by molar-refractivity contribution is -0.117. The number of benzene rings is 2. The molecule has 0 aliphatic heterocycles. The lowest BCUT2D eigenvalue weighted by Crippen LogP contribution is -2.20. The van der Waals surface area contributed by atoms with Gasteiger partial charge in [0.1, 0.15) is 17.3 Å². The molecule has 31 heavy (non-hydrogen) atoms. The van der Waals surface area contributed by atoms with Gasteiger partial charge in [-0.05, 0) is 49.2 Å². The molecule has 0 spiro atoms. The van der Waals surface area contributed by atoms with Crippen LogP contribution in [0.15, 0.2) is 42.5 Å². The van der Waals surface area contributed by atoms with Gasteiger partial charge in [-0.15, -0.1) is 11.3 Å². The number of thiazole rings is 1. The Kier molecular flexibility index (Phi) is 5.85. The number of hydrogen-bond acceptors (Lipinski definition) is 6. The molecule has 1 aliphatic carbocycles. The van der Waals surface area contributed by atoms with E-state index in [2.05, 4.69) is 15.6 Å². The lowest BCUT2D eigenvalue weighted by atomic mass is 10.1. The van der Waals surface area contributed by atoms with Crippen LogP contribution in [0.3, 0.4) is 0 Å². The highest BCUT2D eigenvalue weighted by Gasteiger charge is 2.33. The molecule has 3 aromatic rings. The number of anilines is 2. The van der Waals surface area contributed by atoms with E-state index in [0.29, 0.717) is 46.4 Å². The third-order valence-corrected chi connectivity index (χ3v) is 6.07. The molecule has 1 unspecified atom stereocenters. The molecule has 1 heterocycles. The first kappa shape index (κ1) is 20.8. The highest BCUT2D eigenvalue weighted by molar-refractivity contribution is 7.16. The summed E-state index contributed by atoms with van der Waals surface area (Å²) in [6.45, 7) is 0. The average Bonchev–Trinajstić information content (AvgIpc) is 3.34. The van der Waals surface area contributed by atoms with Crippen LogP contribution in [0.5, 0.6) is 11.5 Å². The van der Waals surface area contributed by atoms with E-state index in [1.807, 2.05) is 0 Å². The molecule has 1 aliphatic rings. The van der Waals surface area contributed by atoms with E-state index in [-0.39, 0.29) is 11.8 Å². The largest absolute Gasteiger partial charge is 0.497 e.